The second-order valence-corrected chi connectivity index (χ2v) is 4.72. The van der Waals surface area contributed by atoms with Gasteiger partial charge in [-0.15, -0.1) is 0 Å². The van der Waals surface area contributed by atoms with Crippen molar-refractivity contribution in [3.63, 3.8) is 0 Å². The van der Waals surface area contributed by atoms with Gasteiger partial charge < -0.3 is 10.6 Å². The maximum Gasteiger partial charge on any atom is 0.229 e. The molecule has 0 bridgehead atoms. The lowest BCUT2D eigenvalue weighted by molar-refractivity contribution is -0.120. The summed E-state index contributed by atoms with van der Waals surface area (Å²) in [5, 5.41) is 6.37. The van der Waals surface area contributed by atoms with Gasteiger partial charge in [0.2, 0.25) is 5.91 Å². The lowest BCUT2D eigenvalue weighted by Gasteiger charge is -2.16. The van der Waals surface area contributed by atoms with Crippen molar-refractivity contribution in [2.24, 2.45) is 11.8 Å². The summed E-state index contributed by atoms with van der Waals surface area (Å²) >= 11 is 0. The third-order valence-corrected chi connectivity index (χ3v) is 3.17. The Kier molecular flexibility index (Phi) is 2.86. The highest BCUT2D eigenvalue weighted by atomic mass is 16.2. The van der Waals surface area contributed by atoms with Crippen LogP contribution in [-0.2, 0) is 4.79 Å². The van der Waals surface area contributed by atoms with E-state index in [1.165, 1.54) is 0 Å². The molecule has 3 nitrogen and oxygen atoms in total. The predicted molar refractivity (Wildman–Crippen MR) is 66.6 cm³/mol. The van der Waals surface area contributed by atoms with Crippen LogP contribution in [0.3, 0.4) is 0 Å². The predicted octanol–water partition coefficient (Wildman–Crippen LogP) is 2.63. The van der Waals surface area contributed by atoms with E-state index in [9.17, 15) is 4.79 Å². The number of rotatable bonds is 1. The first-order chi connectivity index (χ1) is 7.59. The van der Waals surface area contributed by atoms with E-state index in [1.54, 1.807) is 0 Å². The number of carbonyl (C=O) groups is 1. The number of hydrogen-bond acceptors (Lipinski definition) is 2. The topological polar surface area (TPSA) is 41.1 Å². The van der Waals surface area contributed by atoms with Gasteiger partial charge >= 0.3 is 0 Å². The Morgan fingerprint density at radius 3 is 2.81 bits per heavy atom. The maximum atomic E-state index is 12.0. The van der Waals surface area contributed by atoms with Gasteiger partial charge in [0.1, 0.15) is 0 Å². The van der Waals surface area contributed by atoms with Crippen LogP contribution in [-0.4, -0.2) is 12.5 Å². The first kappa shape index (κ1) is 11.0. The first-order valence-corrected chi connectivity index (χ1v) is 5.74. The third-order valence-electron chi connectivity index (χ3n) is 3.17. The molecule has 0 saturated carbocycles. The Morgan fingerprint density at radius 1 is 1.38 bits per heavy atom. The minimum Gasteiger partial charge on any atom is -0.383 e. The number of carbonyl (C=O) groups excluding carboxylic acids is 1. The SMILES string of the molecule is Cc1cccc2c1NC(=O)C(C(C)C)CN2. The van der Waals surface area contributed by atoms with Gasteiger partial charge in [-0.25, -0.2) is 0 Å². The zero-order valence-corrected chi connectivity index (χ0v) is 10.0. The quantitative estimate of drug-likeness (QED) is 0.760. The Labute approximate surface area is 96.2 Å². The summed E-state index contributed by atoms with van der Waals surface area (Å²) < 4.78 is 0. The minimum absolute atomic E-state index is 0.0341. The van der Waals surface area contributed by atoms with E-state index in [-0.39, 0.29) is 11.8 Å². The molecule has 3 heteroatoms. The maximum absolute atomic E-state index is 12.0. The van der Waals surface area contributed by atoms with E-state index in [0.717, 1.165) is 16.9 Å². The molecule has 2 N–H and O–H groups in total. The number of nitrogens with one attached hydrogen (secondary N) is 2. The molecule has 2 rings (SSSR count). The van der Waals surface area contributed by atoms with Crippen molar-refractivity contribution in [1.82, 2.24) is 0 Å². The summed E-state index contributed by atoms with van der Waals surface area (Å²) in [5.41, 5.74) is 3.05. The molecule has 0 spiro atoms. The van der Waals surface area contributed by atoms with Crippen molar-refractivity contribution < 1.29 is 4.79 Å². The molecule has 1 aliphatic heterocycles. The van der Waals surface area contributed by atoms with E-state index >= 15 is 0 Å². The van der Waals surface area contributed by atoms with Gasteiger partial charge in [-0.3, -0.25) is 4.79 Å². The average molecular weight is 218 g/mol. The van der Waals surface area contributed by atoms with Crippen LogP contribution in [0.1, 0.15) is 19.4 Å². The van der Waals surface area contributed by atoms with Crippen LogP contribution in [0.4, 0.5) is 11.4 Å². The van der Waals surface area contributed by atoms with Crippen molar-refractivity contribution in [3.8, 4) is 0 Å². The molecule has 1 unspecified atom stereocenters. The Balaban J connectivity index is 2.34. The molecule has 0 saturated heterocycles. The molecular weight excluding hydrogens is 200 g/mol. The zero-order chi connectivity index (χ0) is 11.7. The van der Waals surface area contributed by atoms with Gasteiger partial charge in [0.15, 0.2) is 0 Å². The highest BCUT2D eigenvalue weighted by Gasteiger charge is 2.26. The number of fused-ring (bicyclic) bond motifs is 1. The zero-order valence-electron chi connectivity index (χ0n) is 10.0. The van der Waals surface area contributed by atoms with Gasteiger partial charge in [-0.05, 0) is 24.5 Å². The number of para-hydroxylation sites is 1. The van der Waals surface area contributed by atoms with Crippen molar-refractivity contribution >= 4 is 17.3 Å². The summed E-state index contributed by atoms with van der Waals surface area (Å²) in [6.45, 7) is 6.87. The molecule has 0 aromatic heterocycles. The molecule has 1 aromatic rings. The molecule has 0 fully saturated rings. The van der Waals surface area contributed by atoms with E-state index in [2.05, 4.69) is 24.5 Å². The fourth-order valence-corrected chi connectivity index (χ4v) is 2.05. The fraction of sp³-hybridized carbons (Fsp3) is 0.462. The largest absolute Gasteiger partial charge is 0.383 e. The molecule has 16 heavy (non-hydrogen) atoms. The van der Waals surface area contributed by atoms with E-state index in [4.69, 9.17) is 0 Å². The highest BCUT2D eigenvalue weighted by Crippen LogP contribution is 2.30. The van der Waals surface area contributed by atoms with Crippen LogP contribution >= 0.6 is 0 Å². The number of anilines is 2. The van der Waals surface area contributed by atoms with Crippen LogP contribution in [0, 0.1) is 18.8 Å². The molecule has 1 aromatic carbocycles. The van der Waals surface area contributed by atoms with Crippen molar-refractivity contribution in [1.29, 1.82) is 0 Å². The number of hydrogen-bond donors (Lipinski definition) is 2. The van der Waals surface area contributed by atoms with Gasteiger partial charge in [-0.2, -0.15) is 0 Å². The monoisotopic (exact) mass is 218 g/mol. The molecule has 1 amide bonds. The van der Waals surface area contributed by atoms with Crippen LogP contribution in [0.2, 0.25) is 0 Å². The molecule has 1 aliphatic rings. The summed E-state index contributed by atoms with van der Waals surface area (Å²) in [4.78, 5) is 12.0. The van der Waals surface area contributed by atoms with Gasteiger partial charge in [0.25, 0.3) is 0 Å². The second-order valence-electron chi connectivity index (χ2n) is 4.72. The van der Waals surface area contributed by atoms with Gasteiger partial charge in [0.05, 0.1) is 17.3 Å². The number of aryl methyl sites for hydroxylation is 1. The Morgan fingerprint density at radius 2 is 2.12 bits per heavy atom. The average Bonchev–Trinajstić information content (AvgIpc) is 2.38. The molecule has 0 radical (unpaired) electrons. The lowest BCUT2D eigenvalue weighted by atomic mass is 9.95. The second kappa shape index (κ2) is 4.16. The summed E-state index contributed by atoms with van der Waals surface area (Å²) in [7, 11) is 0. The molecule has 86 valence electrons. The summed E-state index contributed by atoms with van der Waals surface area (Å²) in [6, 6.07) is 6.02. The summed E-state index contributed by atoms with van der Waals surface area (Å²) in [5.74, 6) is 0.504. The fourth-order valence-electron chi connectivity index (χ4n) is 2.05. The Bertz CT molecular complexity index is 412. The lowest BCUT2D eigenvalue weighted by Crippen LogP contribution is -2.30. The van der Waals surface area contributed by atoms with Crippen LogP contribution in [0.15, 0.2) is 18.2 Å². The number of amides is 1. The number of benzene rings is 1. The smallest absolute Gasteiger partial charge is 0.229 e. The van der Waals surface area contributed by atoms with Crippen LogP contribution in [0.5, 0.6) is 0 Å². The van der Waals surface area contributed by atoms with Crippen LogP contribution in [0.25, 0.3) is 0 Å². The van der Waals surface area contributed by atoms with E-state index in [1.807, 2.05) is 25.1 Å². The molecular formula is C13H18N2O. The minimum atomic E-state index is 0.0341. The molecule has 0 aliphatic carbocycles. The van der Waals surface area contributed by atoms with Gasteiger partial charge in [0, 0.05) is 6.54 Å². The van der Waals surface area contributed by atoms with Crippen molar-refractivity contribution in [2.45, 2.75) is 20.8 Å². The normalized spacial score (nSPS) is 19.8. The molecule has 1 heterocycles. The standard InChI is InChI=1S/C13H18N2O/c1-8(2)10-7-14-11-6-4-5-9(3)12(11)15-13(10)16/h4-6,8,10,14H,7H2,1-3H3,(H,15,16). The van der Waals surface area contributed by atoms with E-state index < -0.39 is 0 Å². The first-order valence-electron chi connectivity index (χ1n) is 5.74. The molecule has 1 atom stereocenters. The Hall–Kier alpha value is -1.51. The van der Waals surface area contributed by atoms with E-state index in [0.29, 0.717) is 12.5 Å². The van der Waals surface area contributed by atoms with Crippen molar-refractivity contribution in [3.05, 3.63) is 23.8 Å². The summed E-state index contributed by atoms with van der Waals surface area (Å²) in [6.07, 6.45) is 0. The van der Waals surface area contributed by atoms with Crippen molar-refractivity contribution in [2.75, 3.05) is 17.2 Å². The van der Waals surface area contributed by atoms with Crippen LogP contribution < -0.4 is 10.6 Å². The van der Waals surface area contributed by atoms with Gasteiger partial charge in [-0.1, -0.05) is 26.0 Å². The highest BCUT2D eigenvalue weighted by molar-refractivity contribution is 5.98. The third kappa shape index (κ3) is 1.90.